The van der Waals surface area contributed by atoms with Gasteiger partial charge in [0.1, 0.15) is 17.6 Å². The number of carbonyl (C=O) groups excluding carboxylic acids is 2. The molecule has 2 aliphatic rings. The highest BCUT2D eigenvalue weighted by molar-refractivity contribution is 5.99. The minimum Gasteiger partial charge on any atom is -0.508 e. The summed E-state index contributed by atoms with van der Waals surface area (Å²) in [5, 5.41) is 10.0. The standard InChI is InChI=1S/C30H37F4N3O3/c1-19-22(10-6-11-25(19)31)27-23(28(39)20-8-5-9-21(38)16-20)17-36(14-4-2-3-13-35)18-24(27)29(40)37-15-7-12-26(37)30(32,33)34/h5-6,8-11,16,23-24,26-27,38H,2-4,7,12-15,17-18,35H2,1H3/t23-,24+,26-,27+/m0/s1. The lowest BCUT2D eigenvalue weighted by Gasteiger charge is -2.45. The van der Waals surface area contributed by atoms with Gasteiger partial charge < -0.3 is 20.6 Å². The molecule has 40 heavy (non-hydrogen) atoms. The SMILES string of the molecule is Cc1c(F)cccc1[C@@H]1[C@@H](C(=O)c2cccc(O)c2)CN(CCCCCN)C[C@H]1C(=O)N1CCC[C@H]1C(F)(F)F. The number of amides is 1. The Bertz CT molecular complexity index is 1200. The fourth-order valence-electron chi connectivity index (χ4n) is 6.33. The number of nitrogens with zero attached hydrogens (tertiary/aromatic N) is 2. The van der Waals surface area contributed by atoms with Crippen molar-refractivity contribution >= 4 is 11.7 Å². The largest absolute Gasteiger partial charge is 0.508 e. The third kappa shape index (κ3) is 6.49. The zero-order chi connectivity index (χ0) is 29.0. The zero-order valence-electron chi connectivity index (χ0n) is 22.7. The molecule has 218 valence electrons. The molecule has 2 heterocycles. The van der Waals surface area contributed by atoms with Crippen LogP contribution in [0, 0.1) is 24.6 Å². The lowest BCUT2D eigenvalue weighted by atomic mass is 9.69. The number of hydrogen-bond donors (Lipinski definition) is 2. The predicted molar refractivity (Wildman–Crippen MR) is 143 cm³/mol. The topological polar surface area (TPSA) is 86.9 Å². The first kappa shape index (κ1) is 30.0. The van der Waals surface area contributed by atoms with Gasteiger partial charge in [0, 0.05) is 37.0 Å². The number of halogens is 4. The summed E-state index contributed by atoms with van der Waals surface area (Å²) < 4.78 is 56.6. The summed E-state index contributed by atoms with van der Waals surface area (Å²) in [5.41, 5.74) is 6.57. The maximum Gasteiger partial charge on any atom is 0.408 e. The first-order valence-corrected chi connectivity index (χ1v) is 13.9. The van der Waals surface area contributed by atoms with Crippen molar-refractivity contribution in [2.45, 2.75) is 57.2 Å². The minimum atomic E-state index is -4.57. The van der Waals surface area contributed by atoms with Crippen LogP contribution in [0.4, 0.5) is 17.6 Å². The van der Waals surface area contributed by atoms with Crippen LogP contribution < -0.4 is 5.73 Å². The van der Waals surface area contributed by atoms with Gasteiger partial charge in [0.2, 0.25) is 5.91 Å². The Labute approximate surface area is 232 Å². The number of Topliss-reactive ketones (excluding diaryl/α,β-unsaturated/α-hetero) is 1. The molecule has 2 saturated heterocycles. The molecule has 1 amide bonds. The van der Waals surface area contributed by atoms with Crippen LogP contribution in [0.25, 0.3) is 0 Å². The van der Waals surface area contributed by atoms with Crippen LogP contribution in [0.5, 0.6) is 5.75 Å². The van der Waals surface area contributed by atoms with Gasteiger partial charge in [-0.05, 0) is 75.0 Å². The number of alkyl halides is 3. The highest BCUT2D eigenvalue weighted by Crippen LogP contribution is 2.44. The van der Waals surface area contributed by atoms with E-state index in [1.54, 1.807) is 25.1 Å². The van der Waals surface area contributed by atoms with Crippen molar-refractivity contribution in [3.05, 3.63) is 65.0 Å². The van der Waals surface area contributed by atoms with E-state index >= 15 is 0 Å². The Kier molecular flexibility index (Phi) is 9.51. The molecule has 10 heteroatoms. The van der Waals surface area contributed by atoms with Crippen molar-refractivity contribution in [3.8, 4) is 5.75 Å². The van der Waals surface area contributed by atoms with E-state index in [0.717, 1.165) is 24.2 Å². The summed E-state index contributed by atoms with van der Waals surface area (Å²) in [6.45, 7) is 3.04. The van der Waals surface area contributed by atoms with E-state index in [0.29, 0.717) is 18.7 Å². The number of hydrogen-bond acceptors (Lipinski definition) is 5. The van der Waals surface area contributed by atoms with E-state index < -0.39 is 41.7 Å². The van der Waals surface area contributed by atoms with Crippen molar-refractivity contribution in [1.82, 2.24) is 9.80 Å². The number of ketones is 1. The van der Waals surface area contributed by atoms with E-state index in [2.05, 4.69) is 0 Å². The molecule has 4 rings (SSSR count). The normalized spacial score (nSPS) is 23.9. The van der Waals surface area contributed by atoms with Crippen LogP contribution >= 0.6 is 0 Å². The lowest BCUT2D eigenvalue weighted by Crippen LogP contribution is -2.55. The molecule has 0 spiro atoms. The van der Waals surface area contributed by atoms with Gasteiger partial charge >= 0.3 is 6.18 Å². The molecule has 2 aliphatic heterocycles. The molecule has 6 nitrogen and oxygen atoms in total. The summed E-state index contributed by atoms with van der Waals surface area (Å²) in [4.78, 5) is 31.0. The molecule has 0 aliphatic carbocycles. The number of unbranched alkanes of at least 4 members (excludes halogenated alkanes) is 2. The van der Waals surface area contributed by atoms with Gasteiger partial charge in [0.05, 0.1) is 5.92 Å². The van der Waals surface area contributed by atoms with E-state index in [9.17, 15) is 32.3 Å². The molecule has 0 bridgehead atoms. The molecular weight excluding hydrogens is 526 g/mol. The molecule has 0 saturated carbocycles. The van der Waals surface area contributed by atoms with E-state index in [1.165, 1.54) is 24.3 Å². The Hall–Kier alpha value is -2.98. The third-order valence-electron chi connectivity index (χ3n) is 8.32. The molecule has 3 N–H and O–H groups in total. The van der Waals surface area contributed by atoms with Gasteiger partial charge in [-0.1, -0.05) is 30.7 Å². The summed E-state index contributed by atoms with van der Waals surface area (Å²) in [6, 6.07) is 8.45. The second kappa shape index (κ2) is 12.7. The first-order chi connectivity index (χ1) is 19.0. The lowest BCUT2D eigenvalue weighted by molar-refractivity contribution is -0.185. The first-order valence-electron chi connectivity index (χ1n) is 13.9. The number of nitrogens with two attached hydrogens (primary N) is 1. The fourth-order valence-corrected chi connectivity index (χ4v) is 6.33. The van der Waals surface area contributed by atoms with Gasteiger partial charge in [0.15, 0.2) is 5.78 Å². The number of carbonyl (C=O) groups is 2. The molecule has 0 aromatic heterocycles. The summed E-state index contributed by atoms with van der Waals surface area (Å²) in [6.07, 6.45) is -2.09. The smallest absolute Gasteiger partial charge is 0.408 e. The maximum atomic E-state index is 14.8. The highest BCUT2D eigenvalue weighted by Gasteiger charge is 2.52. The monoisotopic (exact) mass is 563 g/mol. The minimum absolute atomic E-state index is 0.0178. The second-order valence-corrected chi connectivity index (χ2v) is 10.9. The van der Waals surface area contributed by atoms with Crippen LogP contribution in [-0.2, 0) is 4.79 Å². The second-order valence-electron chi connectivity index (χ2n) is 10.9. The van der Waals surface area contributed by atoms with Gasteiger partial charge in [-0.3, -0.25) is 9.59 Å². The number of rotatable bonds is 9. The van der Waals surface area contributed by atoms with E-state index in [1.807, 2.05) is 4.90 Å². The Morgan fingerprint density at radius 2 is 1.77 bits per heavy atom. The maximum absolute atomic E-state index is 14.8. The van der Waals surface area contributed by atoms with Gasteiger partial charge in [-0.15, -0.1) is 0 Å². The summed E-state index contributed by atoms with van der Waals surface area (Å²) >= 11 is 0. The molecule has 0 radical (unpaired) electrons. The number of likely N-dealkylation sites (tertiary alicyclic amines) is 2. The Balaban J connectivity index is 1.79. The molecule has 2 aromatic carbocycles. The van der Waals surface area contributed by atoms with Crippen molar-refractivity contribution in [2.75, 3.05) is 32.7 Å². The molecule has 4 atom stereocenters. The van der Waals surface area contributed by atoms with Gasteiger partial charge in [-0.25, -0.2) is 4.39 Å². The van der Waals surface area contributed by atoms with E-state index in [4.69, 9.17) is 5.73 Å². The number of piperidine rings is 1. The van der Waals surface area contributed by atoms with Gasteiger partial charge in [0.25, 0.3) is 0 Å². The molecule has 0 unspecified atom stereocenters. The van der Waals surface area contributed by atoms with Crippen LogP contribution in [0.2, 0.25) is 0 Å². The van der Waals surface area contributed by atoms with E-state index in [-0.39, 0.29) is 55.1 Å². The number of aromatic hydroxyl groups is 1. The van der Waals surface area contributed by atoms with Gasteiger partial charge in [-0.2, -0.15) is 13.2 Å². The van der Waals surface area contributed by atoms with Crippen LogP contribution in [0.1, 0.15) is 59.5 Å². The molecule has 2 aromatic rings. The van der Waals surface area contributed by atoms with Crippen LogP contribution in [-0.4, -0.2) is 71.5 Å². The van der Waals surface area contributed by atoms with Crippen molar-refractivity contribution in [2.24, 2.45) is 17.6 Å². The zero-order valence-corrected chi connectivity index (χ0v) is 22.7. The predicted octanol–water partition coefficient (Wildman–Crippen LogP) is 5.04. The Morgan fingerprint density at radius 1 is 1.05 bits per heavy atom. The average molecular weight is 564 g/mol. The summed E-state index contributed by atoms with van der Waals surface area (Å²) in [5.74, 6) is -4.28. The Morgan fingerprint density at radius 3 is 2.48 bits per heavy atom. The quantitative estimate of drug-likeness (QED) is 0.254. The van der Waals surface area contributed by atoms with Crippen molar-refractivity contribution < 1.29 is 32.3 Å². The summed E-state index contributed by atoms with van der Waals surface area (Å²) in [7, 11) is 0. The number of phenolic OH excluding ortho intramolecular Hbond substituents is 1. The number of phenols is 1. The van der Waals surface area contributed by atoms with Crippen molar-refractivity contribution in [1.29, 1.82) is 0 Å². The van der Waals surface area contributed by atoms with Crippen molar-refractivity contribution in [3.63, 3.8) is 0 Å². The van der Waals surface area contributed by atoms with Crippen LogP contribution in [0.15, 0.2) is 42.5 Å². The number of benzene rings is 2. The molecular formula is C30H37F4N3O3. The average Bonchev–Trinajstić information content (AvgIpc) is 3.43. The fraction of sp³-hybridized carbons (Fsp3) is 0.533. The molecule has 2 fully saturated rings. The highest BCUT2D eigenvalue weighted by atomic mass is 19.4. The third-order valence-corrected chi connectivity index (χ3v) is 8.32. The van der Waals surface area contributed by atoms with Crippen LogP contribution in [0.3, 0.4) is 0 Å².